The predicted octanol–water partition coefficient (Wildman–Crippen LogP) is -0.609. The highest BCUT2D eigenvalue weighted by atomic mass is 19.1. The molecule has 1 unspecified atom stereocenters. The molecular weight excluding hydrogens is 235 g/mol. The number of anilines is 1. The van der Waals surface area contributed by atoms with Crippen molar-refractivity contribution in [1.29, 1.82) is 0 Å². The fourth-order valence-corrected chi connectivity index (χ4v) is 1.67. The number of nitrogen functional groups attached to an aromatic ring is 1. The number of aliphatic hydroxyl groups is 1. The molecule has 1 fully saturated rings. The second kappa shape index (κ2) is 4.38. The monoisotopic (exact) mass is 246 g/mol. The Hall–Kier alpha value is -1.54. The van der Waals surface area contributed by atoms with Crippen LogP contribution in [0, 0.1) is 0 Å². The van der Waals surface area contributed by atoms with Gasteiger partial charge in [-0.05, 0) is 6.07 Å². The predicted molar refractivity (Wildman–Crippen MR) is 53.7 cm³/mol. The van der Waals surface area contributed by atoms with Crippen molar-refractivity contribution < 1.29 is 18.6 Å². The standard InChI is InChI=1S/C9H11F2N3O3/c10-6-4(3-15)17-8(7(6)11)14-2-1-5(12)13-9(14)16/h1-2,4,6-8,15H,3H2,(H2,12,13,16)/t4-,6?,7+,8-/m0/s1/i11-1. The lowest BCUT2D eigenvalue weighted by molar-refractivity contribution is -0.0436. The SMILES string of the molecule is Nc1ccn([C@H]2O[C@@H](CO)C(F)[C@H]2[18F])c(=O)n1. The minimum atomic E-state index is -2.03. The average Bonchev–Trinajstić information content (AvgIpc) is 2.57. The molecule has 1 aliphatic heterocycles. The number of alkyl halides is 2. The molecule has 1 saturated heterocycles. The number of nitrogens with zero attached hydrogens (tertiary/aromatic N) is 2. The van der Waals surface area contributed by atoms with Crippen molar-refractivity contribution in [3.8, 4) is 0 Å². The highest BCUT2D eigenvalue weighted by molar-refractivity contribution is 5.23. The molecule has 1 aromatic heterocycles. The van der Waals surface area contributed by atoms with Crippen LogP contribution in [0.15, 0.2) is 17.1 Å². The number of halogens is 2. The number of nitrogens with two attached hydrogens (primary N) is 1. The molecule has 0 radical (unpaired) electrons. The lowest BCUT2D eigenvalue weighted by Gasteiger charge is -2.15. The van der Waals surface area contributed by atoms with Gasteiger partial charge in [0.2, 0.25) is 0 Å². The van der Waals surface area contributed by atoms with Gasteiger partial charge in [-0.3, -0.25) is 4.57 Å². The Morgan fingerprint density at radius 2 is 2.24 bits per heavy atom. The first-order valence-corrected chi connectivity index (χ1v) is 4.93. The maximum Gasteiger partial charge on any atom is 0.351 e. The van der Waals surface area contributed by atoms with Gasteiger partial charge in [0, 0.05) is 6.20 Å². The zero-order valence-corrected chi connectivity index (χ0v) is 8.66. The van der Waals surface area contributed by atoms with Gasteiger partial charge in [0.1, 0.15) is 11.9 Å². The molecule has 3 N–H and O–H groups in total. The number of hydrogen-bond acceptors (Lipinski definition) is 5. The summed E-state index contributed by atoms with van der Waals surface area (Å²) in [4.78, 5) is 14.8. The van der Waals surface area contributed by atoms with Crippen LogP contribution >= 0.6 is 0 Å². The fraction of sp³-hybridized carbons (Fsp3) is 0.556. The van der Waals surface area contributed by atoms with Gasteiger partial charge in [-0.2, -0.15) is 4.98 Å². The van der Waals surface area contributed by atoms with E-state index in [4.69, 9.17) is 15.6 Å². The summed E-state index contributed by atoms with van der Waals surface area (Å²) in [6.07, 6.45) is -5.54. The molecule has 0 aliphatic carbocycles. The molecule has 1 aliphatic rings. The van der Waals surface area contributed by atoms with Gasteiger partial charge in [0.15, 0.2) is 18.6 Å². The quantitative estimate of drug-likeness (QED) is 0.726. The molecule has 1 aromatic rings. The average molecular weight is 246 g/mol. The van der Waals surface area contributed by atoms with Crippen molar-refractivity contribution in [2.45, 2.75) is 24.7 Å². The summed E-state index contributed by atoms with van der Waals surface area (Å²) < 4.78 is 32.6. The van der Waals surface area contributed by atoms with Gasteiger partial charge >= 0.3 is 5.69 Å². The lowest BCUT2D eigenvalue weighted by atomic mass is 10.2. The lowest BCUT2D eigenvalue weighted by Crippen LogP contribution is -2.32. The van der Waals surface area contributed by atoms with Crippen LogP contribution in [0.2, 0.25) is 0 Å². The van der Waals surface area contributed by atoms with E-state index in [0.717, 1.165) is 4.57 Å². The van der Waals surface area contributed by atoms with Crippen LogP contribution in [-0.2, 0) is 4.74 Å². The maximum atomic E-state index is 13.6. The van der Waals surface area contributed by atoms with Gasteiger partial charge in [0.25, 0.3) is 0 Å². The second-order valence-electron chi connectivity index (χ2n) is 3.68. The van der Waals surface area contributed by atoms with E-state index in [1.807, 2.05) is 0 Å². The van der Waals surface area contributed by atoms with E-state index >= 15 is 0 Å². The number of ether oxygens (including phenoxy) is 1. The Kier molecular flexibility index (Phi) is 3.07. The van der Waals surface area contributed by atoms with Gasteiger partial charge in [-0.1, -0.05) is 0 Å². The first-order chi connectivity index (χ1) is 8.04. The molecule has 0 saturated carbocycles. The van der Waals surface area contributed by atoms with E-state index in [-0.39, 0.29) is 5.82 Å². The third kappa shape index (κ3) is 2.01. The molecule has 0 amide bonds. The first kappa shape index (κ1) is 11.9. The van der Waals surface area contributed by atoms with E-state index in [1.54, 1.807) is 0 Å². The molecule has 0 spiro atoms. The van der Waals surface area contributed by atoms with Crippen molar-refractivity contribution in [1.82, 2.24) is 9.55 Å². The van der Waals surface area contributed by atoms with Crippen molar-refractivity contribution >= 4 is 5.82 Å². The summed E-state index contributed by atoms with van der Waals surface area (Å²) in [6, 6.07) is 1.27. The zero-order valence-electron chi connectivity index (χ0n) is 8.66. The van der Waals surface area contributed by atoms with Crippen molar-refractivity contribution in [3.63, 3.8) is 0 Å². The summed E-state index contributed by atoms with van der Waals surface area (Å²) in [5.41, 5.74) is 4.44. The van der Waals surface area contributed by atoms with Gasteiger partial charge in [0.05, 0.1) is 6.61 Å². The summed E-state index contributed by atoms with van der Waals surface area (Å²) in [7, 11) is 0. The van der Waals surface area contributed by atoms with Crippen LogP contribution in [0.1, 0.15) is 6.23 Å². The van der Waals surface area contributed by atoms with E-state index < -0.39 is 37.0 Å². The summed E-state index contributed by atoms with van der Waals surface area (Å²) >= 11 is 0. The molecule has 6 nitrogen and oxygen atoms in total. The Morgan fingerprint density at radius 1 is 1.53 bits per heavy atom. The van der Waals surface area contributed by atoms with Crippen LogP contribution < -0.4 is 11.4 Å². The topological polar surface area (TPSA) is 90.4 Å². The number of aliphatic hydroxyl groups excluding tert-OH is 1. The number of rotatable bonds is 2. The normalized spacial score (nSPS) is 32.9. The Bertz CT molecular complexity index is 467. The van der Waals surface area contributed by atoms with Crippen LogP contribution in [0.5, 0.6) is 0 Å². The van der Waals surface area contributed by atoms with Crippen LogP contribution in [-0.4, -0.2) is 39.7 Å². The van der Waals surface area contributed by atoms with Crippen LogP contribution in [0.4, 0.5) is 14.6 Å². The molecule has 17 heavy (non-hydrogen) atoms. The highest BCUT2D eigenvalue weighted by Gasteiger charge is 2.46. The van der Waals surface area contributed by atoms with E-state index in [1.165, 1.54) is 12.3 Å². The van der Waals surface area contributed by atoms with Crippen LogP contribution in [0.25, 0.3) is 0 Å². The molecule has 8 heteroatoms. The molecular formula is C9H11F2N3O3. The third-order valence-electron chi connectivity index (χ3n) is 2.55. The maximum absolute atomic E-state index is 13.6. The molecule has 0 aromatic carbocycles. The molecule has 4 atom stereocenters. The third-order valence-corrected chi connectivity index (χ3v) is 2.55. The summed E-state index contributed by atoms with van der Waals surface area (Å²) in [5, 5.41) is 8.78. The van der Waals surface area contributed by atoms with E-state index in [0.29, 0.717) is 0 Å². The molecule has 0 bridgehead atoms. The second-order valence-corrected chi connectivity index (χ2v) is 3.68. The Balaban J connectivity index is 2.32. The summed E-state index contributed by atoms with van der Waals surface area (Å²) in [6.45, 7) is -0.658. The minimum Gasteiger partial charge on any atom is -0.394 e. The molecule has 2 heterocycles. The fourth-order valence-electron chi connectivity index (χ4n) is 1.67. The smallest absolute Gasteiger partial charge is 0.351 e. The largest absolute Gasteiger partial charge is 0.394 e. The van der Waals surface area contributed by atoms with E-state index in [9.17, 15) is 13.6 Å². The summed E-state index contributed by atoms with van der Waals surface area (Å²) in [5.74, 6) is -0.0184. The van der Waals surface area contributed by atoms with E-state index in [2.05, 4.69) is 4.98 Å². The molecule has 94 valence electrons. The first-order valence-electron chi connectivity index (χ1n) is 4.93. The van der Waals surface area contributed by atoms with Gasteiger partial charge in [-0.25, -0.2) is 13.6 Å². The zero-order chi connectivity index (χ0) is 12.6. The number of aromatic nitrogens is 2. The van der Waals surface area contributed by atoms with Gasteiger partial charge < -0.3 is 15.6 Å². The van der Waals surface area contributed by atoms with Crippen molar-refractivity contribution in [2.24, 2.45) is 0 Å². The minimum absolute atomic E-state index is 0.0184. The van der Waals surface area contributed by atoms with Gasteiger partial charge in [-0.15, -0.1) is 0 Å². The highest BCUT2D eigenvalue weighted by Crippen LogP contribution is 2.32. The Morgan fingerprint density at radius 3 is 2.76 bits per heavy atom. The van der Waals surface area contributed by atoms with Crippen molar-refractivity contribution in [2.75, 3.05) is 12.3 Å². The van der Waals surface area contributed by atoms with Crippen LogP contribution in [0.3, 0.4) is 0 Å². The number of hydrogen-bond donors (Lipinski definition) is 2. The Labute approximate surface area is 94.6 Å². The van der Waals surface area contributed by atoms with Crippen molar-refractivity contribution in [3.05, 3.63) is 22.7 Å². The molecule has 2 rings (SSSR count).